The highest BCUT2D eigenvalue weighted by Crippen LogP contribution is 2.22. The fourth-order valence-corrected chi connectivity index (χ4v) is 2.83. The minimum atomic E-state index is -0.186. The van der Waals surface area contributed by atoms with Crippen LogP contribution in [0, 0.1) is 11.2 Å². The smallest absolute Gasteiger partial charge is 0.123 e. The Morgan fingerprint density at radius 2 is 1.90 bits per heavy atom. The molecule has 0 atom stereocenters. The van der Waals surface area contributed by atoms with Gasteiger partial charge in [0.15, 0.2) is 0 Å². The Kier molecular flexibility index (Phi) is 3.84. The molecular formula is C18H19FN2. The second kappa shape index (κ2) is 5.78. The fraction of sp³-hybridized carbons (Fsp3) is 0.278. The highest BCUT2D eigenvalue weighted by molar-refractivity contribution is 5.96. The average Bonchev–Trinajstić information content (AvgIpc) is 2.49. The Morgan fingerprint density at radius 3 is 2.62 bits per heavy atom. The molecule has 1 aliphatic heterocycles. The monoisotopic (exact) mass is 282 g/mol. The maximum Gasteiger partial charge on any atom is 0.123 e. The topological polar surface area (TPSA) is 27.1 Å². The highest BCUT2D eigenvalue weighted by Gasteiger charge is 2.17. The van der Waals surface area contributed by atoms with E-state index < -0.39 is 0 Å². The summed E-state index contributed by atoms with van der Waals surface area (Å²) in [7, 11) is 0. The summed E-state index contributed by atoms with van der Waals surface area (Å²) < 4.78 is 12.9. The minimum absolute atomic E-state index is 0.186. The van der Waals surface area contributed by atoms with E-state index in [1.165, 1.54) is 23.3 Å². The van der Waals surface area contributed by atoms with Crippen LogP contribution >= 0.6 is 0 Å². The van der Waals surface area contributed by atoms with Crippen molar-refractivity contribution in [3.8, 4) is 0 Å². The number of halogens is 1. The third kappa shape index (κ3) is 3.19. The Balaban J connectivity index is 1.75. The maximum absolute atomic E-state index is 12.9. The summed E-state index contributed by atoms with van der Waals surface area (Å²) in [5, 5.41) is 7.75. The molecule has 3 rings (SSSR count). The molecule has 3 heteroatoms. The Hall–Kier alpha value is -2.00. The fourth-order valence-electron chi connectivity index (χ4n) is 2.83. The van der Waals surface area contributed by atoms with E-state index >= 15 is 0 Å². The molecule has 0 fully saturated rings. The molecule has 1 aliphatic rings. The van der Waals surface area contributed by atoms with Gasteiger partial charge in [0.1, 0.15) is 5.82 Å². The zero-order chi connectivity index (χ0) is 14.8. The van der Waals surface area contributed by atoms with Gasteiger partial charge in [0.2, 0.25) is 0 Å². The molecule has 0 saturated carbocycles. The van der Waals surface area contributed by atoms with Crippen LogP contribution in [-0.4, -0.2) is 17.2 Å². The number of rotatable bonds is 3. The molecule has 0 aromatic heterocycles. The zero-order valence-corrected chi connectivity index (χ0v) is 12.2. The second-order valence-corrected chi connectivity index (χ2v) is 5.70. The maximum atomic E-state index is 12.9. The molecule has 2 nitrogen and oxygen atoms in total. The predicted molar refractivity (Wildman–Crippen MR) is 83.2 cm³/mol. The third-order valence-electron chi connectivity index (χ3n) is 4.05. The zero-order valence-electron chi connectivity index (χ0n) is 12.2. The summed E-state index contributed by atoms with van der Waals surface area (Å²) >= 11 is 0. The first-order valence-electron chi connectivity index (χ1n) is 7.26. The molecule has 0 saturated heterocycles. The van der Waals surface area contributed by atoms with Gasteiger partial charge < -0.3 is 5.41 Å². The molecule has 1 heterocycles. The number of nitrogens with one attached hydrogen (secondary N) is 1. The molecule has 0 unspecified atom stereocenters. The van der Waals surface area contributed by atoms with Crippen LogP contribution in [0.1, 0.15) is 29.2 Å². The first kappa shape index (κ1) is 14.0. The summed E-state index contributed by atoms with van der Waals surface area (Å²) in [6.07, 6.45) is 1.04. The van der Waals surface area contributed by atoms with Crippen LogP contribution in [0.25, 0.3) is 0 Å². The lowest BCUT2D eigenvalue weighted by molar-refractivity contribution is 0.245. The summed E-state index contributed by atoms with van der Waals surface area (Å²) in [6, 6.07) is 13.1. The molecule has 0 radical (unpaired) electrons. The Bertz CT molecular complexity index is 661. The van der Waals surface area contributed by atoms with Gasteiger partial charge >= 0.3 is 0 Å². The van der Waals surface area contributed by atoms with Gasteiger partial charge in [-0.25, -0.2) is 4.39 Å². The van der Waals surface area contributed by atoms with Gasteiger partial charge in [0, 0.05) is 25.3 Å². The van der Waals surface area contributed by atoms with E-state index in [-0.39, 0.29) is 5.82 Å². The van der Waals surface area contributed by atoms with Crippen LogP contribution in [-0.2, 0) is 19.5 Å². The van der Waals surface area contributed by atoms with Gasteiger partial charge in [-0.15, -0.1) is 0 Å². The predicted octanol–water partition coefficient (Wildman–Crippen LogP) is 3.77. The second-order valence-electron chi connectivity index (χ2n) is 5.70. The lowest BCUT2D eigenvalue weighted by atomic mass is 9.96. The van der Waals surface area contributed by atoms with E-state index in [9.17, 15) is 4.39 Å². The van der Waals surface area contributed by atoms with Crippen molar-refractivity contribution in [1.82, 2.24) is 4.90 Å². The molecule has 0 amide bonds. The van der Waals surface area contributed by atoms with Crippen molar-refractivity contribution in [2.45, 2.75) is 26.4 Å². The normalized spacial score (nSPS) is 14.8. The molecule has 21 heavy (non-hydrogen) atoms. The molecule has 2 aromatic rings. The average molecular weight is 282 g/mol. The van der Waals surface area contributed by atoms with E-state index in [0.29, 0.717) is 5.71 Å². The minimum Gasteiger partial charge on any atom is -0.305 e. The summed E-state index contributed by atoms with van der Waals surface area (Å²) in [5.74, 6) is -0.186. The van der Waals surface area contributed by atoms with Gasteiger partial charge in [0.05, 0.1) is 0 Å². The lowest BCUT2D eigenvalue weighted by Gasteiger charge is -2.29. The number of hydrogen-bond donors (Lipinski definition) is 1. The van der Waals surface area contributed by atoms with Crippen LogP contribution in [0.15, 0.2) is 42.5 Å². The third-order valence-corrected chi connectivity index (χ3v) is 4.05. The van der Waals surface area contributed by atoms with Gasteiger partial charge in [-0.3, -0.25) is 4.90 Å². The van der Waals surface area contributed by atoms with Crippen molar-refractivity contribution in [2.24, 2.45) is 0 Å². The Labute approximate surface area is 124 Å². The summed E-state index contributed by atoms with van der Waals surface area (Å²) in [6.45, 7) is 4.58. The van der Waals surface area contributed by atoms with Gasteiger partial charge in [-0.05, 0) is 53.8 Å². The SMILES string of the molecule is CC(=N)c1ccc2c(c1)CN(Cc1ccc(F)cc1)CC2. The van der Waals surface area contributed by atoms with Crippen LogP contribution < -0.4 is 0 Å². The van der Waals surface area contributed by atoms with Crippen molar-refractivity contribution >= 4 is 5.71 Å². The number of hydrogen-bond acceptors (Lipinski definition) is 2. The van der Waals surface area contributed by atoms with E-state index in [0.717, 1.165) is 37.2 Å². The van der Waals surface area contributed by atoms with Gasteiger partial charge in [-0.2, -0.15) is 0 Å². The first-order chi connectivity index (χ1) is 10.1. The highest BCUT2D eigenvalue weighted by atomic mass is 19.1. The summed E-state index contributed by atoms with van der Waals surface area (Å²) in [5.41, 5.74) is 5.44. The van der Waals surface area contributed by atoms with Crippen molar-refractivity contribution in [3.63, 3.8) is 0 Å². The lowest BCUT2D eigenvalue weighted by Crippen LogP contribution is -2.30. The van der Waals surface area contributed by atoms with Crippen LogP contribution in [0.4, 0.5) is 4.39 Å². The van der Waals surface area contributed by atoms with Crippen LogP contribution in [0.5, 0.6) is 0 Å². The van der Waals surface area contributed by atoms with Crippen molar-refractivity contribution in [1.29, 1.82) is 5.41 Å². The van der Waals surface area contributed by atoms with Crippen molar-refractivity contribution in [3.05, 3.63) is 70.5 Å². The van der Waals surface area contributed by atoms with Crippen LogP contribution in [0.2, 0.25) is 0 Å². The molecule has 108 valence electrons. The number of fused-ring (bicyclic) bond motifs is 1. The Morgan fingerprint density at radius 1 is 1.14 bits per heavy atom. The number of benzene rings is 2. The summed E-state index contributed by atoms with van der Waals surface area (Å²) in [4.78, 5) is 2.37. The largest absolute Gasteiger partial charge is 0.305 e. The molecule has 0 bridgehead atoms. The van der Waals surface area contributed by atoms with E-state index in [1.54, 1.807) is 0 Å². The molecule has 0 spiro atoms. The quantitative estimate of drug-likeness (QED) is 0.852. The van der Waals surface area contributed by atoms with Crippen molar-refractivity contribution < 1.29 is 4.39 Å². The molecule has 2 aromatic carbocycles. The molecule has 1 N–H and O–H groups in total. The van der Waals surface area contributed by atoms with E-state index in [2.05, 4.69) is 17.0 Å². The van der Waals surface area contributed by atoms with E-state index in [1.807, 2.05) is 25.1 Å². The van der Waals surface area contributed by atoms with Gasteiger partial charge in [0.25, 0.3) is 0 Å². The van der Waals surface area contributed by atoms with Crippen molar-refractivity contribution in [2.75, 3.05) is 6.54 Å². The standard InChI is InChI=1S/C18H19FN2/c1-13(20)16-5-4-15-8-9-21(12-17(15)10-16)11-14-2-6-18(19)7-3-14/h2-7,10,20H,8-9,11-12H2,1H3. The molecular weight excluding hydrogens is 263 g/mol. The number of nitrogens with zero attached hydrogens (tertiary/aromatic N) is 1. The van der Waals surface area contributed by atoms with E-state index in [4.69, 9.17) is 5.41 Å². The van der Waals surface area contributed by atoms with Crippen LogP contribution in [0.3, 0.4) is 0 Å². The van der Waals surface area contributed by atoms with Gasteiger partial charge in [-0.1, -0.05) is 24.3 Å². The first-order valence-corrected chi connectivity index (χ1v) is 7.26. The molecule has 0 aliphatic carbocycles.